The van der Waals surface area contributed by atoms with Crippen LogP contribution in [0.4, 0.5) is 0 Å². The number of nitrogens with one attached hydrogen (secondary N) is 2. The molecule has 2 N–H and O–H groups in total. The Morgan fingerprint density at radius 1 is 1.22 bits per heavy atom. The van der Waals surface area contributed by atoms with Gasteiger partial charge in [0.05, 0.1) is 0 Å². The van der Waals surface area contributed by atoms with Crippen molar-refractivity contribution in [2.45, 2.75) is 57.1 Å². The first-order chi connectivity index (χ1) is 10.8. The van der Waals surface area contributed by atoms with E-state index in [1.54, 1.807) is 0 Å². The van der Waals surface area contributed by atoms with E-state index in [0.717, 1.165) is 25.7 Å². The molecule has 1 fully saturated rings. The van der Waals surface area contributed by atoms with Crippen molar-refractivity contribution in [1.29, 1.82) is 0 Å². The highest BCUT2D eigenvalue weighted by Gasteiger charge is 2.24. The third kappa shape index (κ3) is 4.57. The largest absolute Gasteiger partial charge is 0.438 e. The molecule has 1 aliphatic rings. The van der Waals surface area contributed by atoms with Crippen molar-refractivity contribution < 1.29 is 17.6 Å². The van der Waals surface area contributed by atoms with E-state index in [9.17, 15) is 13.2 Å². The van der Waals surface area contributed by atoms with E-state index in [-0.39, 0.29) is 22.8 Å². The van der Waals surface area contributed by atoms with Gasteiger partial charge in [0.15, 0.2) is 5.76 Å². The second kappa shape index (κ2) is 7.49. The molecule has 1 aliphatic carbocycles. The van der Waals surface area contributed by atoms with Gasteiger partial charge in [-0.2, -0.15) is 0 Å². The number of amides is 1. The smallest absolute Gasteiger partial charge is 0.287 e. The average molecular weight is 342 g/mol. The quantitative estimate of drug-likeness (QED) is 0.805. The van der Waals surface area contributed by atoms with E-state index < -0.39 is 10.0 Å². The van der Waals surface area contributed by atoms with Crippen LogP contribution in [-0.4, -0.2) is 27.4 Å². The topological polar surface area (TPSA) is 88.4 Å². The third-order valence-electron chi connectivity index (χ3n) is 4.63. The fourth-order valence-electron chi connectivity index (χ4n) is 3.09. The molecule has 2 unspecified atom stereocenters. The van der Waals surface area contributed by atoms with E-state index in [2.05, 4.69) is 23.9 Å². The zero-order chi connectivity index (χ0) is 17.0. The monoisotopic (exact) mass is 342 g/mol. The lowest BCUT2D eigenvalue weighted by Gasteiger charge is -2.18. The lowest BCUT2D eigenvalue weighted by atomic mass is 9.89. The van der Waals surface area contributed by atoms with Crippen LogP contribution in [0, 0.1) is 11.8 Å². The molecule has 0 bridgehead atoms. The van der Waals surface area contributed by atoms with Gasteiger partial charge in [0, 0.05) is 6.04 Å². The Kier molecular flexibility index (Phi) is 5.86. The maximum atomic E-state index is 12.2. The Morgan fingerprint density at radius 3 is 2.61 bits per heavy atom. The molecule has 0 aliphatic heterocycles. The number of carbonyl (C=O) groups excluding carboxylic acids is 1. The molecule has 1 aromatic rings. The summed E-state index contributed by atoms with van der Waals surface area (Å²) in [5, 5.41) is 2.72. The summed E-state index contributed by atoms with van der Waals surface area (Å²) in [6.45, 7) is 4.49. The van der Waals surface area contributed by atoms with E-state index in [4.69, 9.17) is 4.42 Å². The second-order valence-electron chi connectivity index (χ2n) is 6.51. The van der Waals surface area contributed by atoms with Gasteiger partial charge in [0.25, 0.3) is 15.9 Å². The Balaban J connectivity index is 1.97. The predicted molar refractivity (Wildman–Crippen MR) is 87.6 cm³/mol. The first-order valence-corrected chi connectivity index (χ1v) is 9.66. The lowest BCUT2D eigenvalue weighted by Crippen LogP contribution is -2.34. The van der Waals surface area contributed by atoms with Gasteiger partial charge in [-0.15, -0.1) is 0 Å². The van der Waals surface area contributed by atoms with Crippen LogP contribution in [-0.2, 0) is 10.0 Å². The highest BCUT2D eigenvalue weighted by atomic mass is 32.2. The predicted octanol–water partition coefficient (Wildman–Crippen LogP) is 2.52. The van der Waals surface area contributed by atoms with Crippen LogP contribution in [0.1, 0.15) is 56.5 Å². The summed E-state index contributed by atoms with van der Waals surface area (Å²) in [6.07, 6.45) is 5.33. The molecule has 130 valence electrons. The zero-order valence-corrected chi connectivity index (χ0v) is 14.8. The van der Waals surface area contributed by atoms with Gasteiger partial charge in [-0.05, 0) is 50.3 Å². The van der Waals surface area contributed by atoms with Crippen LogP contribution in [0.2, 0.25) is 0 Å². The lowest BCUT2D eigenvalue weighted by molar-refractivity contribution is 0.0899. The fourth-order valence-corrected chi connectivity index (χ4v) is 3.73. The van der Waals surface area contributed by atoms with Gasteiger partial charge < -0.3 is 9.73 Å². The van der Waals surface area contributed by atoms with Crippen molar-refractivity contribution in [1.82, 2.24) is 10.0 Å². The molecule has 0 saturated heterocycles. The van der Waals surface area contributed by atoms with Crippen LogP contribution in [0.3, 0.4) is 0 Å². The average Bonchev–Trinajstić information content (AvgIpc) is 2.90. The summed E-state index contributed by atoms with van der Waals surface area (Å²) in [7, 11) is -2.36. The number of furan rings is 1. The second-order valence-corrected chi connectivity index (χ2v) is 8.33. The summed E-state index contributed by atoms with van der Waals surface area (Å²) < 4.78 is 30.6. The van der Waals surface area contributed by atoms with Crippen LogP contribution >= 0.6 is 0 Å². The summed E-state index contributed by atoms with van der Waals surface area (Å²) >= 11 is 0. The first-order valence-electron chi connectivity index (χ1n) is 8.17. The van der Waals surface area contributed by atoms with Crippen molar-refractivity contribution in [3.05, 3.63) is 17.9 Å². The summed E-state index contributed by atoms with van der Waals surface area (Å²) in [5.74, 6) is 1.07. The SMILES string of the molecule is CNS(=O)(=O)c1ccc(C(=O)NC2CCCC(C(C)C)CC2)o1. The van der Waals surface area contributed by atoms with Gasteiger partial charge in [-0.1, -0.05) is 26.7 Å². The van der Waals surface area contributed by atoms with Gasteiger partial charge in [0.1, 0.15) is 0 Å². The van der Waals surface area contributed by atoms with E-state index in [0.29, 0.717) is 11.8 Å². The van der Waals surface area contributed by atoms with E-state index in [1.165, 1.54) is 25.6 Å². The van der Waals surface area contributed by atoms with Crippen LogP contribution in [0.5, 0.6) is 0 Å². The van der Waals surface area contributed by atoms with Crippen molar-refractivity contribution in [2.24, 2.45) is 11.8 Å². The molecule has 1 amide bonds. The van der Waals surface area contributed by atoms with Crippen LogP contribution in [0.15, 0.2) is 21.6 Å². The Hall–Kier alpha value is -1.34. The minimum absolute atomic E-state index is 0.0310. The Bertz CT molecular complexity index is 636. The molecule has 1 heterocycles. The Morgan fingerprint density at radius 2 is 1.96 bits per heavy atom. The van der Waals surface area contributed by atoms with E-state index >= 15 is 0 Å². The number of sulfonamides is 1. The minimum Gasteiger partial charge on any atom is -0.438 e. The molecule has 2 atom stereocenters. The molecule has 0 radical (unpaired) electrons. The Labute approximate surface area is 138 Å². The molecule has 23 heavy (non-hydrogen) atoms. The number of carbonyl (C=O) groups is 1. The molecule has 6 nitrogen and oxygen atoms in total. The number of hydrogen-bond acceptors (Lipinski definition) is 4. The van der Waals surface area contributed by atoms with Gasteiger partial charge in [-0.25, -0.2) is 13.1 Å². The molecular formula is C16H26N2O4S. The molecule has 7 heteroatoms. The van der Waals surface area contributed by atoms with Gasteiger partial charge in [0.2, 0.25) is 5.09 Å². The van der Waals surface area contributed by atoms with Gasteiger partial charge >= 0.3 is 0 Å². The molecule has 1 saturated carbocycles. The first kappa shape index (κ1) is 18.0. The van der Waals surface area contributed by atoms with Crippen molar-refractivity contribution in [3.8, 4) is 0 Å². The van der Waals surface area contributed by atoms with Crippen LogP contribution in [0.25, 0.3) is 0 Å². The summed E-state index contributed by atoms with van der Waals surface area (Å²) in [4.78, 5) is 12.2. The van der Waals surface area contributed by atoms with Gasteiger partial charge in [-0.3, -0.25) is 4.79 Å². The van der Waals surface area contributed by atoms with Crippen LogP contribution < -0.4 is 10.0 Å². The standard InChI is InChI=1S/C16H26N2O4S/c1-11(2)12-5-4-6-13(8-7-12)18-16(19)14-9-10-15(22-14)23(20,21)17-3/h9-13,17H,4-8H2,1-3H3,(H,18,19). The molecular weight excluding hydrogens is 316 g/mol. The normalized spacial score (nSPS) is 22.8. The minimum atomic E-state index is -3.66. The highest BCUT2D eigenvalue weighted by Crippen LogP contribution is 2.29. The number of rotatable bonds is 5. The molecule has 0 aromatic carbocycles. The third-order valence-corrected chi connectivity index (χ3v) is 5.92. The van der Waals surface area contributed by atoms with Crippen molar-refractivity contribution in [2.75, 3.05) is 7.05 Å². The maximum absolute atomic E-state index is 12.2. The fraction of sp³-hybridized carbons (Fsp3) is 0.688. The van der Waals surface area contributed by atoms with Crippen molar-refractivity contribution in [3.63, 3.8) is 0 Å². The molecule has 1 aromatic heterocycles. The maximum Gasteiger partial charge on any atom is 0.287 e. The molecule has 0 spiro atoms. The highest BCUT2D eigenvalue weighted by molar-refractivity contribution is 7.89. The summed E-state index contributed by atoms with van der Waals surface area (Å²) in [5.41, 5.74) is 0. The zero-order valence-electron chi connectivity index (χ0n) is 14.0. The molecule has 2 rings (SSSR count). The number of hydrogen-bond donors (Lipinski definition) is 2. The van der Waals surface area contributed by atoms with Crippen molar-refractivity contribution >= 4 is 15.9 Å². The van der Waals surface area contributed by atoms with E-state index in [1.807, 2.05) is 0 Å². The summed E-state index contributed by atoms with van der Waals surface area (Å²) in [6, 6.07) is 2.82.